The Morgan fingerprint density at radius 2 is 1.89 bits per heavy atom. The van der Waals surface area contributed by atoms with Gasteiger partial charge in [0.25, 0.3) is 5.91 Å². The van der Waals surface area contributed by atoms with Gasteiger partial charge in [-0.1, -0.05) is 11.6 Å². The van der Waals surface area contributed by atoms with E-state index in [4.69, 9.17) is 11.6 Å². The van der Waals surface area contributed by atoms with E-state index >= 15 is 0 Å². The average molecular weight is 316 g/mol. The molecule has 1 unspecified atom stereocenters. The Balaban J connectivity index is 2.17. The summed E-state index contributed by atoms with van der Waals surface area (Å²) in [6.07, 6.45) is -0.777. The summed E-state index contributed by atoms with van der Waals surface area (Å²) in [6, 6.07) is 6.90. The van der Waals surface area contributed by atoms with Crippen LogP contribution in [-0.2, 0) is 4.79 Å². The van der Waals surface area contributed by atoms with Crippen molar-refractivity contribution in [2.75, 3.05) is 16.8 Å². The van der Waals surface area contributed by atoms with Gasteiger partial charge in [-0.2, -0.15) is 0 Å². The largest absolute Gasteiger partial charge is 0.388 e. The average Bonchev–Trinajstić information content (AvgIpc) is 2.85. The Morgan fingerprint density at radius 1 is 1.32 bits per heavy atom. The summed E-state index contributed by atoms with van der Waals surface area (Å²) in [5.74, 6) is 1.70. The Hall–Kier alpha value is -0.620. The molecule has 2 rings (SSSR count). The number of aliphatic hydroxyl groups excluding tert-OH is 1. The second kappa shape index (κ2) is 6.70. The molecule has 1 aromatic rings. The molecule has 0 spiro atoms. The first-order valence-electron chi connectivity index (χ1n) is 5.82. The quantitative estimate of drug-likeness (QED) is 0.840. The summed E-state index contributed by atoms with van der Waals surface area (Å²) in [5, 5.41) is 13.2. The van der Waals surface area contributed by atoms with Crippen molar-refractivity contribution >= 4 is 46.7 Å². The molecule has 1 aliphatic heterocycles. The van der Waals surface area contributed by atoms with Gasteiger partial charge >= 0.3 is 0 Å². The van der Waals surface area contributed by atoms with Crippen molar-refractivity contribution in [3.05, 3.63) is 39.1 Å². The van der Waals surface area contributed by atoms with E-state index in [2.05, 4.69) is 5.32 Å². The lowest BCUT2D eigenvalue weighted by molar-refractivity contribution is -0.113. The van der Waals surface area contributed by atoms with Gasteiger partial charge in [0.2, 0.25) is 0 Å². The van der Waals surface area contributed by atoms with Gasteiger partial charge in [0.05, 0.1) is 15.9 Å². The first-order chi connectivity index (χ1) is 9.08. The van der Waals surface area contributed by atoms with E-state index in [1.807, 2.05) is 0 Å². The summed E-state index contributed by atoms with van der Waals surface area (Å²) in [7, 11) is 0. The van der Waals surface area contributed by atoms with Crippen molar-refractivity contribution in [1.82, 2.24) is 0 Å². The van der Waals surface area contributed by atoms with E-state index in [1.54, 1.807) is 54.7 Å². The molecule has 3 nitrogen and oxygen atoms in total. The molecule has 1 amide bonds. The van der Waals surface area contributed by atoms with Crippen LogP contribution >= 0.6 is 35.1 Å². The van der Waals surface area contributed by atoms with Crippen molar-refractivity contribution < 1.29 is 9.90 Å². The van der Waals surface area contributed by atoms with Crippen LogP contribution < -0.4 is 5.32 Å². The monoisotopic (exact) mass is 315 g/mol. The number of carbonyl (C=O) groups is 1. The number of anilines is 1. The molecule has 0 aromatic heterocycles. The zero-order valence-corrected chi connectivity index (χ0v) is 12.7. The molecule has 1 atom stereocenters. The van der Waals surface area contributed by atoms with Crippen molar-refractivity contribution in [2.24, 2.45) is 0 Å². The van der Waals surface area contributed by atoms with Crippen molar-refractivity contribution in [3.63, 3.8) is 0 Å². The van der Waals surface area contributed by atoms with Crippen LogP contribution in [0.4, 0.5) is 5.69 Å². The number of benzene rings is 1. The van der Waals surface area contributed by atoms with Crippen LogP contribution in [0.25, 0.3) is 0 Å². The number of halogens is 1. The minimum atomic E-state index is -0.777. The lowest BCUT2D eigenvalue weighted by Crippen LogP contribution is -2.22. The molecule has 1 aromatic carbocycles. The molecule has 0 aliphatic carbocycles. The lowest BCUT2D eigenvalue weighted by Gasteiger charge is -2.13. The standard InChI is InChI=1S/C13H14ClNO2S2/c1-8(16)11(13-18-6-7-19-13)12(17)15-10-4-2-9(14)3-5-10/h2-5,8,16H,6-7H2,1H3,(H,15,17). The molecule has 1 fully saturated rings. The van der Waals surface area contributed by atoms with Gasteiger partial charge in [0.1, 0.15) is 0 Å². The second-order valence-electron chi connectivity index (χ2n) is 4.04. The number of thioether (sulfide) groups is 2. The van der Waals surface area contributed by atoms with Crippen LogP contribution in [0.15, 0.2) is 34.1 Å². The fourth-order valence-electron chi connectivity index (χ4n) is 1.65. The first-order valence-corrected chi connectivity index (χ1v) is 8.17. The highest BCUT2D eigenvalue weighted by atomic mass is 35.5. The van der Waals surface area contributed by atoms with Crippen LogP contribution in [0.5, 0.6) is 0 Å². The van der Waals surface area contributed by atoms with Crippen LogP contribution in [0, 0.1) is 0 Å². The maximum absolute atomic E-state index is 12.2. The molecule has 0 saturated carbocycles. The molecular weight excluding hydrogens is 302 g/mol. The van der Waals surface area contributed by atoms with Crippen LogP contribution in [0.3, 0.4) is 0 Å². The molecule has 2 N–H and O–H groups in total. The molecule has 6 heteroatoms. The second-order valence-corrected chi connectivity index (χ2v) is 6.94. The molecule has 1 saturated heterocycles. The van der Waals surface area contributed by atoms with E-state index in [1.165, 1.54) is 0 Å². The first kappa shape index (κ1) is 14.8. The zero-order chi connectivity index (χ0) is 13.8. The normalized spacial score (nSPS) is 16.3. The Kier molecular flexibility index (Phi) is 5.21. The molecule has 1 heterocycles. The predicted molar refractivity (Wildman–Crippen MR) is 83.7 cm³/mol. The van der Waals surface area contributed by atoms with Crippen molar-refractivity contribution in [2.45, 2.75) is 13.0 Å². The fourth-order valence-corrected chi connectivity index (χ4v) is 4.48. The SMILES string of the molecule is CC(O)C(C(=O)Nc1ccc(Cl)cc1)=C1SCCS1. The summed E-state index contributed by atoms with van der Waals surface area (Å²) >= 11 is 9.04. The molecule has 102 valence electrons. The van der Waals surface area contributed by atoms with E-state index in [-0.39, 0.29) is 5.91 Å². The Morgan fingerprint density at radius 3 is 2.42 bits per heavy atom. The minimum absolute atomic E-state index is 0.255. The number of rotatable bonds is 3. The maximum Gasteiger partial charge on any atom is 0.255 e. The van der Waals surface area contributed by atoms with Gasteiger partial charge in [-0.3, -0.25) is 4.79 Å². The van der Waals surface area contributed by atoms with Crippen molar-refractivity contribution in [1.29, 1.82) is 0 Å². The van der Waals surface area contributed by atoms with E-state index in [0.717, 1.165) is 15.7 Å². The summed E-state index contributed by atoms with van der Waals surface area (Å²) < 4.78 is 0.918. The van der Waals surface area contributed by atoms with Crippen LogP contribution in [-0.4, -0.2) is 28.6 Å². The fraction of sp³-hybridized carbons (Fsp3) is 0.308. The van der Waals surface area contributed by atoms with Gasteiger partial charge in [0, 0.05) is 22.2 Å². The maximum atomic E-state index is 12.2. The highest BCUT2D eigenvalue weighted by Crippen LogP contribution is 2.39. The Labute approximate surface area is 125 Å². The zero-order valence-electron chi connectivity index (χ0n) is 10.4. The number of carbonyl (C=O) groups excluding carboxylic acids is 1. The third-order valence-corrected chi connectivity index (χ3v) is 5.53. The van der Waals surface area contributed by atoms with Gasteiger partial charge in [0.15, 0.2) is 0 Å². The van der Waals surface area contributed by atoms with E-state index in [9.17, 15) is 9.90 Å². The number of nitrogens with one attached hydrogen (secondary N) is 1. The third-order valence-electron chi connectivity index (χ3n) is 2.53. The Bertz CT molecular complexity index is 492. The summed E-state index contributed by atoms with van der Waals surface area (Å²) in [6.45, 7) is 1.61. The number of hydrogen-bond acceptors (Lipinski definition) is 4. The van der Waals surface area contributed by atoms with Crippen molar-refractivity contribution in [3.8, 4) is 0 Å². The lowest BCUT2D eigenvalue weighted by atomic mass is 10.1. The molecule has 0 bridgehead atoms. The van der Waals surface area contributed by atoms with Gasteiger partial charge in [-0.25, -0.2) is 0 Å². The molecule has 19 heavy (non-hydrogen) atoms. The summed E-state index contributed by atoms with van der Waals surface area (Å²) in [5.41, 5.74) is 1.11. The number of aliphatic hydroxyl groups is 1. The van der Waals surface area contributed by atoms with E-state index in [0.29, 0.717) is 16.3 Å². The van der Waals surface area contributed by atoms with Gasteiger partial charge < -0.3 is 10.4 Å². The molecule has 0 radical (unpaired) electrons. The molecular formula is C13H14ClNO2S2. The van der Waals surface area contributed by atoms with Gasteiger partial charge in [-0.05, 0) is 31.2 Å². The predicted octanol–water partition coefficient (Wildman–Crippen LogP) is 3.35. The molecule has 1 aliphatic rings. The smallest absolute Gasteiger partial charge is 0.255 e. The number of hydrogen-bond donors (Lipinski definition) is 2. The number of amides is 1. The topological polar surface area (TPSA) is 49.3 Å². The highest BCUT2D eigenvalue weighted by Gasteiger charge is 2.23. The minimum Gasteiger partial charge on any atom is -0.388 e. The third kappa shape index (κ3) is 3.92. The van der Waals surface area contributed by atoms with Gasteiger partial charge in [-0.15, -0.1) is 23.5 Å². The van der Waals surface area contributed by atoms with Crippen LogP contribution in [0.1, 0.15) is 6.92 Å². The summed E-state index contributed by atoms with van der Waals surface area (Å²) in [4.78, 5) is 12.2. The van der Waals surface area contributed by atoms with E-state index < -0.39 is 6.10 Å². The van der Waals surface area contributed by atoms with Crippen LogP contribution in [0.2, 0.25) is 5.02 Å². The highest BCUT2D eigenvalue weighted by molar-refractivity contribution is 8.25.